The zero-order valence-electron chi connectivity index (χ0n) is 16.3. The Hall–Kier alpha value is -3.06. The molecule has 0 saturated heterocycles. The lowest BCUT2D eigenvalue weighted by molar-refractivity contribution is 0.466. The predicted molar refractivity (Wildman–Crippen MR) is 113 cm³/mol. The molecule has 2 aromatic heterocycles. The van der Waals surface area contributed by atoms with Crippen molar-refractivity contribution >= 4 is 22.7 Å². The number of nitrogens with zero attached hydrogens (tertiary/aromatic N) is 3. The van der Waals surface area contributed by atoms with Gasteiger partial charge in [-0.3, -0.25) is 0 Å². The Morgan fingerprint density at radius 1 is 1.10 bits per heavy atom. The Bertz CT molecular complexity index is 1220. The molecule has 29 heavy (non-hydrogen) atoms. The molecule has 1 N–H and O–H groups in total. The first kappa shape index (κ1) is 19.3. The number of aryl methyl sites for hydroxylation is 2. The van der Waals surface area contributed by atoms with Crippen molar-refractivity contribution in [2.24, 2.45) is 0 Å². The Kier molecular flexibility index (Phi) is 5.40. The van der Waals surface area contributed by atoms with Crippen LogP contribution in [0.1, 0.15) is 29.4 Å². The number of phenols is 1. The number of hydrogen-bond donors (Lipinski definition) is 1. The minimum atomic E-state index is -0.432. The molecule has 0 radical (unpaired) electrons. The van der Waals surface area contributed by atoms with E-state index in [2.05, 4.69) is 26.9 Å². The highest BCUT2D eigenvalue weighted by Crippen LogP contribution is 2.30. The Morgan fingerprint density at radius 3 is 2.66 bits per heavy atom. The van der Waals surface area contributed by atoms with Gasteiger partial charge in [0, 0.05) is 23.3 Å². The summed E-state index contributed by atoms with van der Waals surface area (Å²) in [5, 5.41) is 20.2. The van der Waals surface area contributed by atoms with Gasteiger partial charge in [0.15, 0.2) is 5.16 Å². The average molecular weight is 407 g/mol. The maximum atomic E-state index is 12.0. The van der Waals surface area contributed by atoms with E-state index in [1.54, 1.807) is 0 Å². The van der Waals surface area contributed by atoms with Crippen LogP contribution in [0.15, 0.2) is 62.9 Å². The Morgan fingerprint density at radius 2 is 1.90 bits per heavy atom. The van der Waals surface area contributed by atoms with Crippen molar-refractivity contribution in [1.29, 1.82) is 0 Å². The molecule has 0 atom stereocenters. The lowest BCUT2D eigenvalue weighted by Crippen LogP contribution is -2.04. The standard InChI is InChI=1S/C22H21N3O3S/c1-3-16-9-18-17(10-21(27)28-20(18)11-19(16)26)13-29-22-24-23-14(2)25(22)12-15-7-5-4-6-8-15/h4-11,26H,3,12-13H2,1-2H3. The summed E-state index contributed by atoms with van der Waals surface area (Å²) in [6, 6.07) is 15.1. The van der Waals surface area contributed by atoms with Crippen LogP contribution in [-0.2, 0) is 18.7 Å². The van der Waals surface area contributed by atoms with Gasteiger partial charge in [0.25, 0.3) is 0 Å². The van der Waals surface area contributed by atoms with E-state index in [4.69, 9.17) is 4.42 Å². The fourth-order valence-corrected chi connectivity index (χ4v) is 4.24. The van der Waals surface area contributed by atoms with Gasteiger partial charge in [-0.2, -0.15) is 0 Å². The molecular weight excluding hydrogens is 386 g/mol. The highest BCUT2D eigenvalue weighted by Gasteiger charge is 2.14. The van der Waals surface area contributed by atoms with E-state index in [1.807, 2.05) is 38.1 Å². The molecular formula is C22H21N3O3S. The third kappa shape index (κ3) is 4.05. The van der Waals surface area contributed by atoms with E-state index in [1.165, 1.54) is 29.5 Å². The van der Waals surface area contributed by atoms with E-state index in [0.717, 1.165) is 27.5 Å². The molecule has 4 rings (SSSR count). The van der Waals surface area contributed by atoms with Gasteiger partial charge >= 0.3 is 5.63 Å². The largest absolute Gasteiger partial charge is 0.508 e. The summed E-state index contributed by atoms with van der Waals surface area (Å²) in [4.78, 5) is 12.0. The fourth-order valence-electron chi connectivity index (χ4n) is 3.27. The van der Waals surface area contributed by atoms with Gasteiger partial charge in [-0.05, 0) is 36.1 Å². The van der Waals surface area contributed by atoms with Crippen LogP contribution in [0.2, 0.25) is 0 Å². The highest BCUT2D eigenvalue weighted by molar-refractivity contribution is 7.98. The quantitative estimate of drug-likeness (QED) is 0.379. The summed E-state index contributed by atoms with van der Waals surface area (Å²) < 4.78 is 7.35. The van der Waals surface area contributed by atoms with E-state index in [-0.39, 0.29) is 5.75 Å². The van der Waals surface area contributed by atoms with Crippen LogP contribution in [0, 0.1) is 6.92 Å². The molecule has 148 valence electrons. The number of benzene rings is 2. The van der Waals surface area contributed by atoms with Crippen molar-refractivity contribution < 1.29 is 9.52 Å². The summed E-state index contributed by atoms with van der Waals surface area (Å²) in [5.41, 5.74) is 2.80. The summed E-state index contributed by atoms with van der Waals surface area (Å²) in [7, 11) is 0. The van der Waals surface area contributed by atoms with Gasteiger partial charge < -0.3 is 14.1 Å². The molecule has 2 heterocycles. The second-order valence-electron chi connectivity index (χ2n) is 6.81. The fraction of sp³-hybridized carbons (Fsp3) is 0.227. The number of aromatic hydroxyl groups is 1. The first-order valence-electron chi connectivity index (χ1n) is 9.40. The first-order valence-corrected chi connectivity index (χ1v) is 10.4. The molecule has 2 aromatic carbocycles. The minimum Gasteiger partial charge on any atom is -0.508 e. The molecule has 0 aliphatic heterocycles. The monoisotopic (exact) mass is 407 g/mol. The summed E-state index contributed by atoms with van der Waals surface area (Å²) in [6.45, 7) is 4.60. The van der Waals surface area contributed by atoms with Gasteiger partial charge in [0.1, 0.15) is 17.2 Å². The molecule has 4 aromatic rings. The van der Waals surface area contributed by atoms with Crippen molar-refractivity contribution in [2.75, 3.05) is 0 Å². The second kappa shape index (κ2) is 8.13. The van der Waals surface area contributed by atoms with Crippen LogP contribution in [0.4, 0.5) is 0 Å². The van der Waals surface area contributed by atoms with Crippen molar-refractivity contribution in [3.63, 3.8) is 0 Å². The third-order valence-electron chi connectivity index (χ3n) is 4.85. The maximum absolute atomic E-state index is 12.0. The van der Waals surface area contributed by atoms with Crippen LogP contribution in [0.25, 0.3) is 11.0 Å². The molecule has 0 bridgehead atoms. The van der Waals surface area contributed by atoms with E-state index in [0.29, 0.717) is 24.3 Å². The van der Waals surface area contributed by atoms with Crippen LogP contribution in [0.5, 0.6) is 5.75 Å². The SMILES string of the molecule is CCc1cc2c(CSc3nnc(C)n3Cc3ccccc3)cc(=O)oc2cc1O. The molecule has 0 fully saturated rings. The molecule has 0 aliphatic rings. The van der Waals surface area contributed by atoms with Gasteiger partial charge in [0.2, 0.25) is 0 Å². The maximum Gasteiger partial charge on any atom is 0.336 e. The predicted octanol–water partition coefficient (Wildman–Crippen LogP) is 4.30. The number of fused-ring (bicyclic) bond motifs is 1. The zero-order valence-corrected chi connectivity index (χ0v) is 17.1. The minimum absolute atomic E-state index is 0.145. The third-order valence-corrected chi connectivity index (χ3v) is 5.87. The van der Waals surface area contributed by atoms with E-state index >= 15 is 0 Å². The number of aromatic nitrogens is 3. The molecule has 0 unspecified atom stereocenters. The number of hydrogen-bond acceptors (Lipinski definition) is 6. The number of thioether (sulfide) groups is 1. The molecule has 0 spiro atoms. The van der Waals surface area contributed by atoms with Gasteiger partial charge in [-0.15, -0.1) is 10.2 Å². The lowest BCUT2D eigenvalue weighted by Gasteiger charge is -2.10. The molecule has 6 nitrogen and oxygen atoms in total. The summed E-state index contributed by atoms with van der Waals surface area (Å²) in [6.07, 6.45) is 0.693. The Balaban J connectivity index is 1.65. The average Bonchev–Trinajstić information content (AvgIpc) is 3.06. The first-order chi connectivity index (χ1) is 14.0. The van der Waals surface area contributed by atoms with Crippen molar-refractivity contribution in [3.8, 4) is 5.75 Å². The second-order valence-corrected chi connectivity index (χ2v) is 7.75. The van der Waals surface area contributed by atoms with Crippen LogP contribution in [-0.4, -0.2) is 19.9 Å². The smallest absolute Gasteiger partial charge is 0.336 e. The number of phenolic OH excluding ortho intramolecular Hbond substituents is 1. The van der Waals surface area contributed by atoms with Gasteiger partial charge in [-0.25, -0.2) is 4.79 Å². The molecule has 0 saturated carbocycles. The van der Waals surface area contributed by atoms with E-state index < -0.39 is 5.63 Å². The summed E-state index contributed by atoms with van der Waals surface area (Å²) >= 11 is 1.53. The van der Waals surface area contributed by atoms with Gasteiger partial charge in [0.05, 0.1) is 6.54 Å². The van der Waals surface area contributed by atoms with Crippen molar-refractivity contribution in [3.05, 3.63) is 81.5 Å². The van der Waals surface area contributed by atoms with Crippen molar-refractivity contribution in [1.82, 2.24) is 14.8 Å². The zero-order chi connectivity index (χ0) is 20.4. The topological polar surface area (TPSA) is 81.2 Å². The summed E-state index contributed by atoms with van der Waals surface area (Å²) in [5.74, 6) is 1.53. The van der Waals surface area contributed by atoms with E-state index in [9.17, 15) is 9.90 Å². The highest BCUT2D eigenvalue weighted by atomic mass is 32.2. The van der Waals surface area contributed by atoms with Crippen LogP contribution >= 0.6 is 11.8 Å². The molecule has 0 amide bonds. The van der Waals surface area contributed by atoms with Crippen molar-refractivity contribution in [2.45, 2.75) is 37.7 Å². The molecule has 0 aliphatic carbocycles. The number of rotatable bonds is 6. The Labute approximate surface area is 172 Å². The van der Waals surface area contributed by atoms with Crippen LogP contribution in [0.3, 0.4) is 0 Å². The van der Waals surface area contributed by atoms with Crippen LogP contribution < -0.4 is 5.63 Å². The molecule has 7 heteroatoms. The van der Waals surface area contributed by atoms with Gasteiger partial charge in [-0.1, -0.05) is 49.0 Å². The lowest BCUT2D eigenvalue weighted by atomic mass is 10.1. The normalized spacial score (nSPS) is 11.2.